The molecule has 3 aromatic carbocycles. The van der Waals surface area contributed by atoms with E-state index in [9.17, 15) is 9.59 Å². The summed E-state index contributed by atoms with van der Waals surface area (Å²) in [6, 6.07) is 22.8. The van der Waals surface area contributed by atoms with Gasteiger partial charge in [0.2, 0.25) is 5.91 Å². The van der Waals surface area contributed by atoms with Crippen molar-refractivity contribution in [1.82, 2.24) is 10.2 Å². The van der Waals surface area contributed by atoms with Crippen molar-refractivity contribution >= 4 is 11.8 Å². The van der Waals surface area contributed by atoms with Crippen LogP contribution in [0.2, 0.25) is 0 Å². The summed E-state index contributed by atoms with van der Waals surface area (Å²) in [5, 5.41) is 2.73. The van der Waals surface area contributed by atoms with E-state index in [0.29, 0.717) is 18.7 Å². The van der Waals surface area contributed by atoms with Crippen LogP contribution in [-0.4, -0.2) is 36.4 Å². The lowest BCUT2D eigenvalue weighted by molar-refractivity contribution is -0.142. The number of ether oxygens (including phenoxy) is 1. The molecule has 0 bridgehead atoms. The number of hydrogen-bond acceptors (Lipinski definition) is 3. The maximum atomic E-state index is 13.5. The molecule has 0 saturated carbocycles. The molecule has 172 valence electrons. The summed E-state index contributed by atoms with van der Waals surface area (Å²) >= 11 is 0. The molecule has 5 nitrogen and oxygen atoms in total. The molecule has 0 aliphatic rings. The van der Waals surface area contributed by atoms with Gasteiger partial charge in [0.15, 0.2) is 6.61 Å². The Balaban J connectivity index is 1.88. The molecule has 5 heteroatoms. The molecule has 2 amide bonds. The summed E-state index contributed by atoms with van der Waals surface area (Å²) in [7, 11) is 1.60. The third kappa shape index (κ3) is 6.45. The Bertz CT molecular complexity index is 1100. The third-order valence-electron chi connectivity index (χ3n) is 5.96. The molecule has 0 fully saturated rings. The van der Waals surface area contributed by atoms with Crippen molar-refractivity contribution in [3.63, 3.8) is 0 Å². The minimum absolute atomic E-state index is 0.142. The van der Waals surface area contributed by atoms with Crippen LogP contribution in [0.25, 0.3) is 0 Å². The number of nitrogens with one attached hydrogen (secondary N) is 1. The second kappa shape index (κ2) is 11.3. The largest absolute Gasteiger partial charge is 0.484 e. The van der Waals surface area contributed by atoms with E-state index < -0.39 is 6.04 Å². The fraction of sp³-hybridized carbons (Fsp3) is 0.286. The zero-order chi connectivity index (χ0) is 23.8. The van der Waals surface area contributed by atoms with E-state index in [1.54, 1.807) is 11.9 Å². The van der Waals surface area contributed by atoms with Crippen molar-refractivity contribution < 1.29 is 14.3 Å². The Morgan fingerprint density at radius 3 is 2.24 bits per heavy atom. The van der Waals surface area contributed by atoms with Crippen molar-refractivity contribution in [2.75, 3.05) is 13.7 Å². The quantitative estimate of drug-likeness (QED) is 0.533. The van der Waals surface area contributed by atoms with E-state index in [2.05, 4.69) is 5.32 Å². The highest BCUT2D eigenvalue weighted by molar-refractivity contribution is 5.88. The van der Waals surface area contributed by atoms with Gasteiger partial charge in [-0.1, -0.05) is 60.7 Å². The van der Waals surface area contributed by atoms with E-state index in [1.807, 2.05) is 93.6 Å². The Morgan fingerprint density at radius 2 is 1.58 bits per heavy atom. The lowest BCUT2D eigenvalue weighted by Crippen LogP contribution is -2.51. The van der Waals surface area contributed by atoms with E-state index >= 15 is 0 Å². The highest BCUT2D eigenvalue weighted by Crippen LogP contribution is 2.19. The van der Waals surface area contributed by atoms with Gasteiger partial charge in [0.1, 0.15) is 11.8 Å². The molecule has 0 unspecified atom stereocenters. The smallest absolute Gasteiger partial charge is 0.261 e. The van der Waals surface area contributed by atoms with Crippen LogP contribution in [0.5, 0.6) is 5.75 Å². The first kappa shape index (κ1) is 24.1. The fourth-order valence-corrected chi connectivity index (χ4v) is 3.72. The molecular weight excluding hydrogens is 412 g/mol. The van der Waals surface area contributed by atoms with Crippen molar-refractivity contribution in [2.24, 2.45) is 0 Å². The number of likely N-dealkylation sites (N-methyl/N-ethyl adjacent to an activating group) is 1. The van der Waals surface area contributed by atoms with Gasteiger partial charge < -0.3 is 15.0 Å². The molecule has 33 heavy (non-hydrogen) atoms. The molecule has 3 rings (SSSR count). The fourth-order valence-electron chi connectivity index (χ4n) is 3.72. The number of amides is 2. The highest BCUT2D eigenvalue weighted by atomic mass is 16.5. The minimum Gasteiger partial charge on any atom is -0.484 e. The molecule has 0 aliphatic heterocycles. The molecule has 0 aromatic heterocycles. The number of carbonyl (C=O) groups excluding carboxylic acids is 2. The summed E-state index contributed by atoms with van der Waals surface area (Å²) < 4.78 is 5.84. The van der Waals surface area contributed by atoms with Crippen molar-refractivity contribution in [1.29, 1.82) is 0 Å². The highest BCUT2D eigenvalue weighted by Gasteiger charge is 2.30. The minimum atomic E-state index is -0.659. The predicted octanol–water partition coefficient (Wildman–Crippen LogP) is 4.38. The molecule has 0 radical (unpaired) electrons. The topological polar surface area (TPSA) is 58.6 Å². The van der Waals surface area contributed by atoms with Crippen molar-refractivity contribution in [2.45, 2.75) is 39.8 Å². The number of nitrogens with zero attached hydrogens (tertiary/aromatic N) is 1. The molecule has 0 heterocycles. The zero-order valence-electron chi connectivity index (χ0n) is 19.8. The van der Waals surface area contributed by atoms with Crippen molar-refractivity contribution in [3.05, 3.63) is 101 Å². The van der Waals surface area contributed by atoms with Crippen LogP contribution in [-0.2, 0) is 22.6 Å². The number of rotatable bonds is 9. The summed E-state index contributed by atoms with van der Waals surface area (Å²) in [6.07, 6.45) is 0.418. The van der Waals surface area contributed by atoms with Crippen LogP contribution in [0.4, 0.5) is 0 Å². The number of carbonyl (C=O) groups is 2. The summed E-state index contributed by atoms with van der Waals surface area (Å²) in [5.41, 5.74) is 5.32. The number of hydrogen-bond donors (Lipinski definition) is 1. The van der Waals surface area contributed by atoms with E-state index in [4.69, 9.17) is 4.74 Å². The van der Waals surface area contributed by atoms with E-state index in [0.717, 1.165) is 27.8 Å². The van der Waals surface area contributed by atoms with E-state index in [1.165, 1.54) is 0 Å². The monoisotopic (exact) mass is 444 g/mol. The first-order chi connectivity index (χ1) is 15.9. The second-order valence-electron chi connectivity index (χ2n) is 8.30. The molecule has 0 aliphatic carbocycles. The molecule has 0 spiro atoms. The van der Waals surface area contributed by atoms with Gasteiger partial charge in [-0.05, 0) is 60.7 Å². The van der Waals surface area contributed by atoms with Gasteiger partial charge in [0, 0.05) is 20.0 Å². The van der Waals surface area contributed by atoms with Crippen LogP contribution in [0, 0.1) is 20.8 Å². The normalized spacial score (nSPS) is 11.5. The number of aryl methyl sites for hydroxylation is 3. The van der Waals surface area contributed by atoms with Crippen LogP contribution in [0.1, 0.15) is 27.8 Å². The van der Waals surface area contributed by atoms with Crippen LogP contribution >= 0.6 is 0 Å². The predicted molar refractivity (Wildman–Crippen MR) is 131 cm³/mol. The van der Waals surface area contributed by atoms with Crippen LogP contribution in [0.3, 0.4) is 0 Å². The Morgan fingerprint density at radius 1 is 0.879 bits per heavy atom. The SMILES string of the molecule is CNC(=O)[C@@H](Cc1ccccc1)N(Cc1ccccc1C)C(=O)COc1ccc(C)c(C)c1. The molecule has 1 atom stereocenters. The van der Waals surface area contributed by atoms with Gasteiger partial charge >= 0.3 is 0 Å². The first-order valence-electron chi connectivity index (χ1n) is 11.2. The van der Waals surface area contributed by atoms with Gasteiger partial charge in [-0.15, -0.1) is 0 Å². The summed E-state index contributed by atoms with van der Waals surface area (Å²) in [4.78, 5) is 28.0. The van der Waals surface area contributed by atoms with Gasteiger partial charge in [-0.3, -0.25) is 9.59 Å². The Hall–Kier alpha value is -3.60. The van der Waals surface area contributed by atoms with Crippen molar-refractivity contribution in [3.8, 4) is 5.75 Å². The molecule has 0 saturated heterocycles. The average molecular weight is 445 g/mol. The first-order valence-corrected chi connectivity index (χ1v) is 11.2. The molecular formula is C28H32N2O3. The second-order valence-corrected chi connectivity index (χ2v) is 8.30. The maximum absolute atomic E-state index is 13.5. The third-order valence-corrected chi connectivity index (χ3v) is 5.96. The van der Waals surface area contributed by atoms with Crippen LogP contribution in [0.15, 0.2) is 72.8 Å². The summed E-state index contributed by atoms with van der Waals surface area (Å²) in [6.45, 7) is 6.24. The van der Waals surface area contributed by atoms with Gasteiger partial charge in [-0.25, -0.2) is 0 Å². The van der Waals surface area contributed by atoms with Gasteiger partial charge in [0.05, 0.1) is 0 Å². The average Bonchev–Trinajstić information content (AvgIpc) is 2.83. The van der Waals surface area contributed by atoms with Crippen LogP contribution < -0.4 is 10.1 Å². The summed E-state index contributed by atoms with van der Waals surface area (Å²) in [5.74, 6) is 0.204. The lowest BCUT2D eigenvalue weighted by Gasteiger charge is -2.31. The van der Waals surface area contributed by atoms with Gasteiger partial charge in [-0.2, -0.15) is 0 Å². The Labute approximate surface area is 196 Å². The van der Waals surface area contributed by atoms with E-state index in [-0.39, 0.29) is 18.4 Å². The standard InChI is InChI=1S/C28H32N2O3/c1-20-14-15-25(16-22(20)3)33-19-27(31)30(18-24-13-9-8-10-21(24)2)26(28(32)29-4)17-23-11-6-5-7-12-23/h5-16,26H,17-19H2,1-4H3,(H,29,32)/t26-/m1/s1. The maximum Gasteiger partial charge on any atom is 0.261 e. The lowest BCUT2D eigenvalue weighted by atomic mass is 10.0. The molecule has 3 aromatic rings. The molecule has 1 N–H and O–H groups in total. The number of benzene rings is 3. The zero-order valence-corrected chi connectivity index (χ0v) is 19.8. The Kier molecular flexibility index (Phi) is 8.25. The van der Waals surface area contributed by atoms with Gasteiger partial charge in [0.25, 0.3) is 5.91 Å².